The van der Waals surface area contributed by atoms with E-state index in [1.165, 1.54) is 25.7 Å². The summed E-state index contributed by atoms with van der Waals surface area (Å²) in [5, 5.41) is 8.21. The first-order chi connectivity index (χ1) is 17.0. The molecule has 4 N–H and O–H groups in total. The molecular weight excluding hydrogens is 483 g/mol. The molecule has 35 heavy (non-hydrogen) atoms. The molecule has 2 aromatic heterocycles. The molecule has 10 heteroatoms. The van der Waals surface area contributed by atoms with Crippen molar-refractivity contribution >= 4 is 51.8 Å². The van der Waals surface area contributed by atoms with Gasteiger partial charge in [0.25, 0.3) is 0 Å². The maximum atomic E-state index is 6.20. The van der Waals surface area contributed by atoms with E-state index >= 15 is 0 Å². The van der Waals surface area contributed by atoms with E-state index < -0.39 is 0 Å². The molecule has 0 aliphatic heterocycles. The number of rotatable bonds is 8. The molecule has 188 valence electrons. The highest BCUT2D eigenvalue weighted by atomic mass is 35.5. The standard InChI is InChI=1S/C25H34Cl2N8/c1-34(19-10-11-20(26)21(27)14-19)13-12-29-23-22-24(35(15-30-22)18-4-2-3-5-18)33-25(32-23)31-17-8-6-16(28)7-9-17/h10-11,14-18H,2-9,12-13,28H2,1H3,(H2,29,31,32,33). The quantitative estimate of drug-likeness (QED) is 0.364. The monoisotopic (exact) mass is 516 g/mol. The van der Waals surface area contributed by atoms with Crippen LogP contribution in [0.15, 0.2) is 24.5 Å². The molecule has 0 unspecified atom stereocenters. The number of fused-ring (bicyclic) bond motifs is 1. The van der Waals surface area contributed by atoms with Gasteiger partial charge in [0.15, 0.2) is 17.0 Å². The van der Waals surface area contributed by atoms with E-state index in [2.05, 4.69) is 20.1 Å². The van der Waals surface area contributed by atoms with Gasteiger partial charge in [-0.15, -0.1) is 0 Å². The summed E-state index contributed by atoms with van der Waals surface area (Å²) in [6, 6.07) is 6.80. The SMILES string of the molecule is CN(CCNc1nc(NC2CCC(N)CC2)nc2c1ncn2C1CCCC1)c1ccc(Cl)c(Cl)c1. The van der Waals surface area contributed by atoms with Gasteiger partial charge in [-0.05, 0) is 56.7 Å². The molecule has 2 heterocycles. The Morgan fingerprint density at radius 2 is 1.83 bits per heavy atom. The zero-order valence-corrected chi connectivity index (χ0v) is 21.7. The van der Waals surface area contributed by atoms with Crippen molar-refractivity contribution in [2.75, 3.05) is 35.7 Å². The van der Waals surface area contributed by atoms with Crippen molar-refractivity contribution in [2.24, 2.45) is 5.73 Å². The van der Waals surface area contributed by atoms with Crippen molar-refractivity contribution in [1.82, 2.24) is 19.5 Å². The van der Waals surface area contributed by atoms with Crippen LogP contribution in [0.5, 0.6) is 0 Å². The first kappa shape index (κ1) is 24.4. The Balaban J connectivity index is 1.34. The summed E-state index contributed by atoms with van der Waals surface area (Å²) in [6.45, 7) is 1.45. The summed E-state index contributed by atoms with van der Waals surface area (Å²) < 4.78 is 2.25. The minimum absolute atomic E-state index is 0.310. The Morgan fingerprint density at radius 1 is 1.06 bits per heavy atom. The lowest BCUT2D eigenvalue weighted by Gasteiger charge is -2.27. The normalized spacial score (nSPS) is 20.9. The summed E-state index contributed by atoms with van der Waals surface area (Å²) in [5.41, 5.74) is 8.84. The molecule has 0 bridgehead atoms. The van der Waals surface area contributed by atoms with E-state index in [1.54, 1.807) is 0 Å². The maximum Gasteiger partial charge on any atom is 0.227 e. The Kier molecular flexibility index (Phi) is 7.51. The van der Waals surface area contributed by atoms with Gasteiger partial charge in [0, 0.05) is 44.0 Å². The predicted octanol–water partition coefficient (Wildman–Crippen LogP) is 5.48. The average Bonchev–Trinajstić information content (AvgIpc) is 3.52. The second kappa shape index (κ2) is 10.8. The molecule has 2 fully saturated rings. The second-order valence-electron chi connectivity index (χ2n) is 9.86. The van der Waals surface area contributed by atoms with Gasteiger partial charge in [0.05, 0.1) is 16.4 Å². The topological polar surface area (TPSA) is 96.9 Å². The third kappa shape index (κ3) is 5.60. The number of aromatic nitrogens is 4. The summed E-state index contributed by atoms with van der Waals surface area (Å²) >= 11 is 12.3. The van der Waals surface area contributed by atoms with Crippen LogP contribution in [0.25, 0.3) is 11.2 Å². The van der Waals surface area contributed by atoms with E-state index in [4.69, 9.17) is 43.9 Å². The van der Waals surface area contributed by atoms with Gasteiger partial charge in [-0.25, -0.2) is 4.98 Å². The number of likely N-dealkylation sites (N-methyl/N-ethyl adjacent to an activating group) is 1. The van der Waals surface area contributed by atoms with Gasteiger partial charge in [-0.3, -0.25) is 0 Å². The van der Waals surface area contributed by atoms with Crippen molar-refractivity contribution < 1.29 is 0 Å². The molecule has 5 rings (SSSR count). The highest BCUT2D eigenvalue weighted by Crippen LogP contribution is 2.33. The zero-order chi connectivity index (χ0) is 24.4. The minimum Gasteiger partial charge on any atom is -0.373 e. The molecule has 0 radical (unpaired) electrons. The highest BCUT2D eigenvalue weighted by molar-refractivity contribution is 6.42. The van der Waals surface area contributed by atoms with Crippen LogP contribution in [-0.4, -0.2) is 51.7 Å². The molecule has 0 atom stereocenters. The van der Waals surface area contributed by atoms with Crippen LogP contribution in [-0.2, 0) is 0 Å². The molecule has 2 aliphatic rings. The van der Waals surface area contributed by atoms with E-state index in [0.29, 0.717) is 40.7 Å². The summed E-state index contributed by atoms with van der Waals surface area (Å²) in [5.74, 6) is 1.43. The number of imidazole rings is 1. The minimum atomic E-state index is 0.310. The van der Waals surface area contributed by atoms with E-state index in [-0.39, 0.29) is 0 Å². The first-order valence-corrected chi connectivity index (χ1v) is 13.4. The zero-order valence-electron chi connectivity index (χ0n) is 20.2. The van der Waals surface area contributed by atoms with Crippen molar-refractivity contribution in [3.05, 3.63) is 34.6 Å². The van der Waals surface area contributed by atoms with Gasteiger partial charge in [0.1, 0.15) is 0 Å². The third-order valence-electron chi connectivity index (χ3n) is 7.33. The molecule has 0 spiro atoms. The Labute approximate surface area is 216 Å². The van der Waals surface area contributed by atoms with Crippen LogP contribution in [0.3, 0.4) is 0 Å². The van der Waals surface area contributed by atoms with Crippen molar-refractivity contribution in [3.63, 3.8) is 0 Å². The molecular formula is C25H34Cl2N8. The van der Waals surface area contributed by atoms with Gasteiger partial charge in [-0.1, -0.05) is 36.0 Å². The molecule has 1 aromatic carbocycles. The second-order valence-corrected chi connectivity index (χ2v) is 10.7. The van der Waals surface area contributed by atoms with Crippen LogP contribution in [0, 0.1) is 0 Å². The maximum absolute atomic E-state index is 6.20. The van der Waals surface area contributed by atoms with Gasteiger partial charge < -0.3 is 25.8 Å². The summed E-state index contributed by atoms with van der Waals surface area (Å²) in [7, 11) is 2.03. The number of hydrogen-bond donors (Lipinski definition) is 3. The Bertz CT molecular complexity index is 1150. The number of nitrogens with one attached hydrogen (secondary N) is 2. The highest BCUT2D eigenvalue weighted by Gasteiger charge is 2.24. The molecule has 0 saturated heterocycles. The fraction of sp³-hybridized carbons (Fsp3) is 0.560. The third-order valence-corrected chi connectivity index (χ3v) is 8.07. The Hall–Kier alpha value is -2.29. The van der Waals surface area contributed by atoms with Crippen LogP contribution >= 0.6 is 23.2 Å². The number of hydrogen-bond acceptors (Lipinski definition) is 7. The summed E-state index contributed by atoms with van der Waals surface area (Å²) in [4.78, 5) is 16.6. The van der Waals surface area contributed by atoms with Gasteiger partial charge >= 0.3 is 0 Å². The van der Waals surface area contributed by atoms with Crippen LogP contribution in [0.1, 0.15) is 57.4 Å². The van der Waals surface area contributed by atoms with E-state index in [1.807, 2.05) is 31.6 Å². The number of benzene rings is 1. The van der Waals surface area contributed by atoms with Gasteiger partial charge in [-0.2, -0.15) is 9.97 Å². The van der Waals surface area contributed by atoms with Crippen LogP contribution < -0.4 is 21.3 Å². The Morgan fingerprint density at radius 3 is 2.57 bits per heavy atom. The lowest BCUT2D eigenvalue weighted by Crippen LogP contribution is -2.33. The molecule has 8 nitrogen and oxygen atoms in total. The van der Waals surface area contributed by atoms with Gasteiger partial charge in [0.2, 0.25) is 5.95 Å². The molecule has 0 amide bonds. The largest absolute Gasteiger partial charge is 0.373 e. The lowest BCUT2D eigenvalue weighted by atomic mass is 9.92. The van der Waals surface area contributed by atoms with Crippen molar-refractivity contribution in [3.8, 4) is 0 Å². The molecule has 2 aliphatic carbocycles. The van der Waals surface area contributed by atoms with Crippen molar-refractivity contribution in [2.45, 2.75) is 69.5 Å². The van der Waals surface area contributed by atoms with Crippen LogP contribution in [0.2, 0.25) is 10.0 Å². The number of nitrogens with two attached hydrogens (primary N) is 1. The molecule has 2 saturated carbocycles. The number of nitrogens with zero attached hydrogens (tertiary/aromatic N) is 5. The van der Waals surface area contributed by atoms with E-state index in [9.17, 15) is 0 Å². The first-order valence-electron chi connectivity index (χ1n) is 12.6. The van der Waals surface area contributed by atoms with Crippen LogP contribution in [0.4, 0.5) is 17.5 Å². The average molecular weight is 518 g/mol. The fourth-order valence-corrected chi connectivity index (χ4v) is 5.49. The fourth-order valence-electron chi connectivity index (χ4n) is 5.19. The number of halogens is 2. The summed E-state index contributed by atoms with van der Waals surface area (Å²) in [6.07, 6.45) is 11.0. The smallest absolute Gasteiger partial charge is 0.227 e. The predicted molar refractivity (Wildman–Crippen MR) is 145 cm³/mol. The molecule has 3 aromatic rings. The van der Waals surface area contributed by atoms with Crippen molar-refractivity contribution in [1.29, 1.82) is 0 Å². The number of anilines is 3. The van der Waals surface area contributed by atoms with E-state index in [0.717, 1.165) is 54.9 Å². The lowest BCUT2D eigenvalue weighted by molar-refractivity contribution is 0.410.